The van der Waals surface area contributed by atoms with Gasteiger partial charge in [-0.3, -0.25) is 4.99 Å². The average molecular weight is 515 g/mol. The highest BCUT2D eigenvalue weighted by molar-refractivity contribution is 14.0. The molecule has 160 valence electrons. The minimum Gasteiger partial charge on any atom is -0.352 e. The van der Waals surface area contributed by atoms with E-state index in [0.717, 1.165) is 49.0 Å². The fraction of sp³-hybridized carbons (Fsp3) is 0.550. The monoisotopic (exact) mass is 515 g/mol. The number of hydrogen-bond donors (Lipinski definition) is 2. The van der Waals surface area contributed by atoms with Crippen LogP contribution in [-0.2, 0) is 32.5 Å². The molecule has 0 saturated carbocycles. The van der Waals surface area contributed by atoms with Crippen molar-refractivity contribution < 1.29 is 4.39 Å². The van der Waals surface area contributed by atoms with E-state index < -0.39 is 0 Å². The van der Waals surface area contributed by atoms with Crippen molar-refractivity contribution in [3.05, 3.63) is 46.8 Å². The summed E-state index contributed by atoms with van der Waals surface area (Å²) in [5.41, 5.74) is 1.72. The molecule has 1 aromatic carbocycles. The van der Waals surface area contributed by atoms with Crippen molar-refractivity contribution >= 4 is 29.9 Å². The van der Waals surface area contributed by atoms with Gasteiger partial charge >= 0.3 is 0 Å². The summed E-state index contributed by atoms with van der Waals surface area (Å²) in [7, 11) is 5.63. The molecule has 2 heterocycles. The molecule has 0 fully saturated rings. The lowest BCUT2D eigenvalue weighted by Crippen LogP contribution is -2.46. The third kappa shape index (κ3) is 6.36. The summed E-state index contributed by atoms with van der Waals surface area (Å²) in [6.07, 6.45) is 2.76. The van der Waals surface area contributed by atoms with E-state index in [4.69, 9.17) is 0 Å². The van der Waals surface area contributed by atoms with Gasteiger partial charge in [0.05, 0.1) is 6.54 Å². The molecule has 1 aliphatic heterocycles. The maximum atomic E-state index is 14.0. The zero-order valence-corrected chi connectivity index (χ0v) is 19.9. The number of nitrogens with one attached hydrogen (secondary N) is 2. The molecule has 2 aromatic rings. The number of halogens is 2. The Bertz CT molecular complexity index is 834. The molecule has 0 bridgehead atoms. The maximum absolute atomic E-state index is 14.0. The summed E-state index contributed by atoms with van der Waals surface area (Å²) in [4.78, 5) is 10.8. The van der Waals surface area contributed by atoms with Gasteiger partial charge in [0.25, 0.3) is 0 Å². The van der Waals surface area contributed by atoms with Gasteiger partial charge in [-0.25, -0.2) is 14.1 Å². The molecule has 1 aliphatic rings. The maximum Gasteiger partial charge on any atom is 0.191 e. The van der Waals surface area contributed by atoms with Crippen molar-refractivity contribution in [3.63, 3.8) is 0 Å². The van der Waals surface area contributed by atoms with Gasteiger partial charge in [0.2, 0.25) is 0 Å². The van der Waals surface area contributed by atoms with Crippen molar-refractivity contribution in [2.45, 2.75) is 51.9 Å². The number of aryl methyl sites for hydroxylation is 2. The number of aliphatic imine (C=N–C) groups is 1. The fourth-order valence-corrected chi connectivity index (χ4v) is 3.40. The molecule has 1 unspecified atom stereocenters. The molecule has 3 rings (SSSR count). The number of nitrogens with zero attached hydrogens (tertiary/aromatic N) is 5. The SMILES string of the molecule is CCc1nc2n(n1)CC(NC(=NC)NCc1ccc(F)c(CN(C)C)c1)CC2.I. The first-order valence-electron chi connectivity index (χ1n) is 9.80. The molecule has 1 atom stereocenters. The third-order valence-electron chi connectivity index (χ3n) is 4.84. The van der Waals surface area contributed by atoms with E-state index in [1.54, 1.807) is 7.05 Å². The minimum absolute atomic E-state index is 0. The number of rotatable bonds is 6. The highest BCUT2D eigenvalue weighted by Crippen LogP contribution is 2.14. The molecule has 29 heavy (non-hydrogen) atoms. The lowest BCUT2D eigenvalue weighted by atomic mass is 10.1. The predicted molar refractivity (Wildman–Crippen MR) is 124 cm³/mol. The van der Waals surface area contributed by atoms with E-state index in [2.05, 4.69) is 32.6 Å². The Hall–Kier alpha value is -1.75. The van der Waals surface area contributed by atoms with Gasteiger partial charge in [-0.15, -0.1) is 24.0 Å². The first-order chi connectivity index (χ1) is 13.5. The van der Waals surface area contributed by atoms with Gasteiger partial charge in [0, 0.05) is 44.6 Å². The molecule has 2 N–H and O–H groups in total. The Labute approximate surface area is 189 Å². The van der Waals surface area contributed by atoms with E-state index in [0.29, 0.717) is 18.7 Å². The molecule has 0 aliphatic carbocycles. The molecule has 0 amide bonds. The Morgan fingerprint density at radius 3 is 2.86 bits per heavy atom. The van der Waals surface area contributed by atoms with Crippen LogP contribution in [-0.4, -0.2) is 52.8 Å². The Kier molecular flexibility index (Phi) is 8.81. The van der Waals surface area contributed by atoms with Crippen LogP contribution in [0.5, 0.6) is 0 Å². The van der Waals surface area contributed by atoms with Crippen molar-refractivity contribution in [3.8, 4) is 0 Å². The smallest absolute Gasteiger partial charge is 0.191 e. The number of fused-ring (bicyclic) bond motifs is 1. The Balaban J connectivity index is 0.00000300. The molecule has 9 heteroatoms. The van der Waals surface area contributed by atoms with Crippen molar-refractivity contribution in [1.29, 1.82) is 0 Å². The van der Waals surface area contributed by atoms with Gasteiger partial charge in [-0.05, 0) is 38.2 Å². The van der Waals surface area contributed by atoms with Crippen LogP contribution in [0, 0.1) is 5.82 Å². The minimum atomic E-state index is -0.169. The van der Waals surface area contributed by atoms with Crippen molar-refractivity contribution in [1.82, 2.24) is 30.3 Å². The van der Waals surface area contributed by atoms with Crippen molar-refractivity contribution in [2.75, 3.05) is 21.1 Å². The second-order valence-corrected chi connectivity index (χ2v) is 7.45. The van der Waals surface area contributed by atoms with Crippen molar-refractivity contribution in [2.24, 2.45) is 4.99 Å². The lowest BCUT2D eigenvalue weighted by Gasteiger charge is -2.25. The molecule has 0 spiro atoms. The van der Waals surface area contributed by atoms with E-state index in [1.165, 1.54) is 6.07 Å². The molecular weight excluding hydrogens is 484 g/mol. The largest absolute Gasteiger partial charge is 0.352 e. The first kappa shape index (κ1) is 23.5. The zero-order chi connectivity index (χ0) is 20.1. The van der Waals surface area contributed by atoms with Crippen LogP contribution in [0.1, 0.15) is 36.1 Å². The summed E-state index contributed by atoms with van der Waals surface area (Å²) >= 11 is 0. The quantitative estimate of drug-likeness (QED) is 0.351. The van der Waals surface area contributed by atoms with Crippen LogP contribution in [0.2, 0.25) is 0 Å². The summed E-state index contributed by atoms with van der Waals surface area (Å²) in [5, 5.41) is 11.4. The van der Waals surface area contributed by atoms with Crippen LogP contribution in [0.3, 0.4) is 0 Å². The Morgan fingerprint density at radius 2 is 2.17 bits per heavy atom. The van der Waals surface area contributed by atoms with Gasteiger partial charge in [-0.2, -0.15) is 5.10 Å². The molecule has 1 aromatic heterocycles. The van der Waals surface area contributed by atoms with E-state index in [9.17, 15) is 4.39 Å². The average Bonchev–Trinajstić information content (AvgIpc) is 3.09. The fourth-order valence-electron chi connectivity index (χ4n) is 3.40. The van der Waals surface area contributed by atoms with Crippen LogP contribution in [0.15, 0.2) is 23.2 Å². The number of guanidine groups is 1. The van der Waals surface area contributed by atoms with Crippen LogP contribution in [0.4, 0.5) is 4.39 Å². The number of hydrogen-bond acceptors (Lipinski definition) is 4. The van der Waals surface area contributed by atoms with E-state index in [-0.39, 0.29) is 35.8 Å². The van der Waals surface area contributed by atoms with Crippen LogP contribution in [0.25, 0.3) is 0 Å². The normalized spacial score (nSPS) is 16.3. The highest BCUT2D eigenvalue weighted by atomic mass is 127. The Morgan fingerprint density at radius 1 is 1.38 bits per heavy atom. The first-order valence-corrected chi connectivity index (χ1v) is 9.80. The number of aromatic nitrogens is 3. The van der Waals surface area contributed by atoms with Gasteiger partial charge in [-0.1, -0.05) is 13.0 Å². The van der Waals surface area contributed by atoms with E-state index in [1.807, 2.05) is 35.8 Å². The predicted octanol–water partition coefficient (Wildman–Crippen LogP) is 2.34. The summed E-state index contributed by atoms with van der Waals surface area (Å²) in [6, 6.07) is 5.50. The summed E-state index contributed by atoms with van der Waals surface area (Å²) in [6.45, 7) is 4.02. The molecule has 0 radical (unpaired) electrons. The van der Waals surface area contributed by atoms with Crippen LogP contribution >= 0.6 is 24.0 Å². The topological polar surface area (TPSA) is 70.4 Å². The standard InChI is InChI=1S/C20H30FN7.HI/c1-5-18-25-19-9-7-16(13-28(19)26-18)24-20(22-2)23-11-14-6-8-17(21)15(10-14)12-27(3)4;/h6,8,10,16H,5,7,9,11-13H2,1-4H3,(H2,22,23,24);1H. The second kappa shape index (κ2) is 10.9. The highest BCUT2D eigenvalue weighted by Gasteiger charge is 2.22. The zero-order valence-electron chi connectivity index (χ0n) is 17.6. The third-order valence-corrected chi connectivity index (χ3v) is 4.84. The number of benzene rings is 1. The summed E-state index contributed by atoms with van der Waals surface area (Å²) < 4.78 is 16.0. The van der Waals surface area contributed by atoms with Crippen LogP contribution < -0.4 is 10.6 Å². The van der Waals surface area contributed by atoms with E-state index >= 15 is 0 Å². The molecule has 7 nitrogen and oxygen atoms in total. The van der Waals surface area contributed by atoms with Gasteiger partial charge in [0.15, 0.2) is 11.8 Å². The molecule has 0 saturated heterocycles. The molecular formula is C20H31FIN7. The van der Waals surface area contributed by atoms with Gasteiger partial charge < -0.3 is 15.5 Å². The van der Waals surface area contributed by atoms with Gasteiger partial charge in [0.1, 0.15) is 11.6 Å². The summed E-state index contributed by atoms with van der Waals surface area (Å²) in [5.74, 6) is 2.54. The lowest BCUT2D eigenvalue weighted by molar-refractivity contribution is 0.391. The second-order valence-electron chi connectivity index (χ2n) is 7.45.